The van der Waals surface area contributed by atoms with Gasteiger partial charge in [-0.15, -0.1) is 0 Å². The number of carbonyl (C=O) groups excluding carboxylic acids is 2. The highest BCUT2D eigenvalue weighted by molar-refractivity contribution is 5.92. The average molecular weight is 581 g/mol. The molecule has 4 rings (SSSR count). The van der Waals surface area contributed by atoms with Gasteiger partial charge >= 0.3 is 18.9 Å². The van der Waals surface area contributed by atoms with E-state index in [0.29, 0.717) is 12.2 Å². The van der Waals surface area contributed by atoms with E-state index in [1.807, 2.05) is 13.0 Å². The smallest absolute Gasteiger partial charge is 0.351 e. The first kappa shape index (κ1) is 32.3. The van der Waals surface area contributed by atoms with E-state index in [0.717, 1.165) is 31.6 Å². The second-order valence-electron chi connectivity index (χ2n) is 9.51. The Balaban J connectivity index is 0.000000248. The fourth-order valence-electron chi connectivity index (χ4n) is 3.45. The zero-order valence-corrected chi connectivity index (χ0v) is 22.2. The molecule has 1 saturated heterocycles. The van der Waals surface area contributed by atoms with Gasteiger partial charge in [0.1, 0.15) is 5.69 Å². The molecule has 222 valence electrons. The van der Waals surface area contributed by atoms with E-state index in [2.05, 4.69) is 35.7 Å². The van der Waals surface area contributed by atoms with E-state index in [-0.39, 0.29) is 37.2 Å². The molecule has 1 fully saturated rings. The van der Waals surface area contributed by atoms with Crippen LogP contribution in [0.2, 0.25) is 0 Å². The van der Waals surface area contributed by atoms with Gasteiger partial charge in [-0.1, -0.05) is 19.0 Å². The van der Waals surface area contributed by atoms with Gasteiger partial charge in [0.15, 0.2) is 11.3 Å². The Morgan fingerprint density at radius 2 is 1.93 bits per heavy atom. The zero-order chi connectivity index (χ0) is 30.1. The Morgan fingerprint density at radius 3 is 2.48 bits per heavy atom. The molecule has 17 heteroatoms. The van der Waals surface area contributed by atoms with Gasteiger partial charge in [-0.3, -0.25) is 4.79 Å². The molecule has 1 atom stereocenters. The highest BCUT2D eigenvalue weighted by Crippen LogP contribution is 2.40. The van der Waals surface area contributed by atoms with Gasteiger partial charge in [0, 0.05) is 38.1 Å². The number of urea groups is 1. The molecule has 4 heterocycles. The number of carbonyl (C=O) groups is 2. The zero-order valence-electron chi connectivity index (χ0n) is 22.2. The Bertz CT molecular complexity index is 1240. The SMILES string of the molecule is CC1CN(Cc2cnn3ccnc3c2)C(=O)N1.Cc1nonc1C(=O)NCCCC(C)(C)C(F)(F)F.FC(F)F. The Morgan fingerprint density at radius 1 is 1.25 bits per heavy atom. The number of aromatic nitrogens is 5. The summed E-state index contributed by atoms with van der Waals surface area (Å²) in [5, 5.41) is 16.4. The van der Waals surface area contributed by atoms with Crippen molar-refractivity contribution in [3.05, 3.63) is 41.6 Å². The van der Waals surface area contributed by atoms with Crippen molar-refractivity contribution in [3.8, 4) is 0 Å². The van der Waals surface area contributed by atoms with Gasteiger partial charge in [-0.2, -0.15) is 31.4 Å². The Hall–Kier alpha value is -3.92. The molecule has 3 aromatic heterocycles. The first-order valence-electron chi connectivity index (χ1n) is 12.0. The minimum atomic E-state index is -4.25. The van der Waals surface area contributed by atoms with Crippen LogP contribution in [0.15, 0.2) is 29.3 Å². The number of imidazole rings is 1. The van der Waals surface area contributed by atoms with Gasteiger partial charge < -0.3 is 15.5 Å². The molecule has 40 heavy (non-hydrogen) atoms. The van der Waals surface area contributed by atoms with Crippen LogP contribution in [0.25, 0.3) is 5.65 Å². The lowest BCUT2D eigenvalue weighted by Gasteiger charge is -2.27. The second kappa shape index (κ2) is 13.9. The molecule has 0 saturated carbocycles. The molecule has 3 aromatic rings. The van der Waals surface area contributed by atoms with Crippen LogP contribution in [0.4, 0.5) is 31.1 Å². The largest absolute Gasteiger partial charge is 0.393 e. The Labute approximate surface area is 225 Å². The number of halogens is 6. The maximum atomic E-state index is 12.6. The van der Waals surface area contributed by atoms with E-state index in [1.54, 1.807) is 34.9 Å². The summed E-state index contributed by atoms with van der Waals surface area (Å²) in [5.41, 5.74) is 0.426. The number of fused-ring (bicyclic) bond motifs is 1. The lowest BCUT2D eigenvalue weighted by molar-refractivity contribution is -0.213. The third-order valence-corrected chi connectivity index (χ3v) is 5.74. The van der Waals surface area contributed by atoms with Gasteiger partial charge in [-0.05, 0) is 43.5 Å². The van der Waals surface area contributed by atoms with Crippen molar-refractivity contribution in [3.63, 3.8) is 0 Å². The van der Waals surface area contributed by atoms with E-state index >= 15 is 0 Å². The highest BCUT2D eigenvalue weighted by Gasteiger charge is 2.46. The monoisotopic (exact) mass is 580 g/mol. The summed E-state index contributed by atoms with van der Waals surface area (Å²) in [4.78, 5) is 29.1. The molecular weight excluding hydrogens is 550 g/mol. The molecule has 0 bridgehead atoms. The Kier molecular flexibility index (Phi) is 11.2. The lowest BCUT2D eigenvalue weighted by Crippen LogP contribution is -2.33. The standard InChI is InChI=1S/C11H16F3N3O2.C11H13N5O.CHF3/c1-7-8(17-19-16-7)9(18)15-6-4-5-10(2,3)11(12,13)14;1-8-6-15(11(17)14-8)7-9-4-10-12-2-3-16(10)13-5-9;2-1(3)4/h4-6H2,1-3H3,(H,15,18);2-5,8H,6-7H2,1H3,(H,14,17);1H. The molecule has 1 unspecified atom stereocenters. The second-order valence-corrected chi connectivity index (χ2v) is 9.51. The molecule has 3 amide bonds. The number of hydrogen-bond acceptors (Lipinski definition) is 7. The average Bonchev–Trinajstić information content (AvgIpc) is 3.56. The maximum Gasteiger partial charge on any atom is 0.393 e. The first-order chi connectivity index (χ1) is 18.6. The topological polar surface area (TPSA) is 131 Å². The minimum Gasteiger partial charge on any atom is -0.351 e. The number of rotatable bonds is 7. The summed E-state index contributed by atoms with van der Waals surface area (Å²) in [6.45, 7) is 3.61. The first-order valence-corrected chi connectivity index (χ1v) is 12.0. The predicted molar refractivity (Wildman–Crippen MR) is 129 cm³/mol. The van der Waals surface area contributed by atoms with Gasteiger partial charge in [0.2, 0.25) is 0 Å². The van der Waals surface area contributed by atoms with Gasteiger partial charge in [0.05, 0.1) is 11.6 Å². The van der Waals surface area contributed by atoms with E-state index in [1.165, 1.54) is 0 Å². The van der Waals surface area contributed by atoms with Crippen molar-refractivity contribution in [1.82, 2.24) is 40.4 Å². The number of aryl methyl sites for hydroxylation is 1. The summed E-state index contributed by atoms with van der Waals surface area (Å²) in [6.07, 6.45) is 1.19. The fraction of sp³-hybridized carbons (Fsp3) is 0.565. The van der Waals surface area contributed by atoms with Crippen LogP contribution in [-0.2, 0) is 6.54 Å². The van der Waals surface area contributed by atoms with E-state index in [4.69, 9.17) is 0 Å². The third-order valence-electron chi connectivity index (χ3n) is 5.74. The molecule has 11 nitrogen and oxygen atoms in total. The fourth-order valence-corrected chi connectivity index (χ4v) is 3.45. The molecule has 0 spiro atoms. The quantitative estimate of drug-likeness (QED) is 0.315. The molecule has 1 aliphatic rings. The number of hydrogen-bond donors (Lipinski definition) is 2. The summed E-state index contributed by atoms with van der Waals surface area (Å²) < 4.78 is 72.8. The molecule has 0 aromatic carbocycles. The van der Waals surface area contributed by atoms with Crippen LogP contribution >= 0.6 is 0 Å². The number of nitrogens with zero attached hydrogens (tertiary/aromatic N) is 6. The number of nitrogens with one attached hydrogen (secondary N) is 2. The summed E-state index contributed by atoms with van der Waals surface area (Å²) in [7, 11) is 0. The van der Waals surface area contributed by atoms with Crippen molar-refractivity contribution in [2.45, 2.75) is 66.0 Å². The van der Waals surface area contributed by atoms with E-state index in [9.17, 15) is 35.9 Å². The van der Waals surface area contributed by atoms with Gasteiger partial charge in [0.25, 0.3) is 5.91 Å². The van der Waals surface area contributed by atoms with Crippen molar-refractivity contribution in [1.29, 1.82) is 0 Å². The lowest BCUT2D eigenvalue weighted by atomic mass is 9.87. The van der Waals surface area contributed by atoms with Crippen molar-refractivity contribution in [2.75, 3.05) is 13.1 Å². The van der Waals surface area contributed by atoms with Crippen LogP contribution < -0.4 is 10.6 Å². The molecule has 2 N–H and O–H groups in total. The van der Waals surface area contributed by atoms with Crippen molar-refractivity contribution in [2.24, 2.45) is 5.41 Å². The number of amides is 3. The van der Waals surface area contributed by atoms with Crippen molar-refractivity contribution < 1.29 is 40.6 Å². The van der Waals surface area contributed by atoms with E-state index < -0.39 is 24.2 Å². The summed E-state index contributed by atoms with van der Waals surface area (Å²) in [6, 6.07) is 2.15. The normalized spacial score (nSPS) is 15.3. The van der Waals surface area contributed by atoms with Crippen molar-refractivity contribution >= 4 is 17.6 Å². The summed E-state index contributed by atoms with van der Waals surface area (Å²) in [5.74, 6) is -0.497. The minimum absolute atomic E-state index is 0.0132. The third kappa shape index (κ3) is 9.68. The number of alkyl halides is 6. The predicted octanol–water partition coefficient (Wildman–Crippen LogP) is 4.30. The van der Waals surface area contributed by atoms with Gasteiger partial charge in [-0.25, -0.2) is 18.9 Å². The molecular formula is C23H30F6N8O3. The molecule has 0 aliphatic carbocycles. The van der Waals surface area contributed by atoms with Crippen LogP contribution in [0.1, 0.15) is 55.4 Å². The van der Waals surface area contributed by atoms with Crippen LogP contribution in [0.5, 0.6) is 0 Å². The van der Waals surface area contributed by atoms with Crippen LogP contribution in [-0.4, -0.2) is 73.7 Å². The molecule has 1 aliphatic heterocycles. The van der Waals surface area contributed by atoms with Crippen LogP contribution in [0, 0.1) is 12.3 Å². The highest BCUT2D eigenvalue weighted by atomic mass is 19.4. The molecule has 0 radical (unpaired) electrons. The maximum absolute atomic E-state index is 12.6. The summed E-state index contributed by atoms with van der Waals surface area (Å²) >= 11 is 0. The van der Waals surface area contributed by atoms with Crippen LogP contribution in [0.3, 0.4) is 0 Å².